The summed E-state index contributed by atoms with van der Waals surface area (Å²) in [5.74, 6) is 2.38. The summed E-state index contributed by atoms with van der Waals surface area (Å²) in [6.45, 7) is 19.4. The van der Waals surface area contributed by atoms with Crippen molar-refractivity contribution in [2.24, 2.45) is 45.3 Å². The standard InChI is InChI=1S/C30H50O4/c1-19(9-12-24-32-26(4,5)34-33-24)20-13-15-28(7)22-11-10-21-25(2,3)23-14-16-30(21,31-23)29(22,8)18-17-27(20,28)6/h19-24H,9-18H2,1-8H3/t19-,20+,21+,22-,23+,24+,27+,28-,29-,30-/m0/s1. The van der Waals surface area contributed by atoms with Crippen molar-refractivity contribution in [3.05, 3.63) is 0 Å². The van der Waals surface area contributed by atoms with Gasteiger partial charge in [-0.05, 0) is 112 Å². The molecule has 6 rings (SSSR count). The van der Waals surface area contributed by atoms with Gasteiger partial charge in [-0.1, -0.05) is 41.5 Å². The highest BCUT2D eigenvalue weighted by atomic mass is 17.3. The summed E-state index contributed by atoms with van der Waals surface area (Å²) in [5.41, 5.74) is 1.66. The van der Waals surface area contributed by atoms with E-state index in [0.717, 1.165) is 30.6 Å². The lowest BCUT2D eigenvalue weighted by Gasteiger charge is -2.68. The van der Waals surface area contributed by atoms with Crippen molar-refractivity contribution in [2.75, 3.05) is 0 Å². The van der Waals surface area contributed by atoms with Gasteiger partial charge in [-0.2, -0.15) is 4.89 Å². The fraction of sp³-hybridized carbons (Fsp3) is 1.00. The lowest BCUT2D eigenvalue weighted by molar-refractivity contribution is -0.321. The molecule has 0 radical (unpaired) electrons. The van der Waals surface area contributed by atoms with Crippen molar-refractivity contribution >= 4 is 0 Å². The molecule has 0 N–H and O–H groups in total. The third-order valence-electron chi connectivity index (χ3n) is 13.2. The van der Waals surface area contributed by atoms with Gasteiger partial charge in [0.15, 0.2) is 12.1 Å². The largest absolute Gasteiger partial charge is 0.370 e. The van der Waals surface area contributed by atoms with Crippen LogP contribution in [0.4, 0.5) is 0 Å². The maximum atomic E-state index is 7.12. The summed E-state index contributed by atoms with van der Waals surface area (Å²) in [4.78, 5) is 10.8. The molecule has 0 aromatic carbocycles. The highest BCUT2D eigenvalue weighted by Crippen LogP contribution is 2.79. The summed E-state index contributed by atoms with van der Waals surface area (Å²) >= 11 is 0. The molecule has 3 aliphatic heterocycles. The molecule has 3 aliphatic carbocycles. The minimum Gasteiger partial charge on any atom is -0.370 e. The Kier molecular flexibility index (Phi) is 5.15. The zero-order valence-electron chi connectivity index (χ0n) is 23.2. The van der Waals surface area contributed by atoms with Crippen molar-refractivity contribution in [3.63, 3.8) is 0 Å². The van der Waals surface area contributed by atoms with Gasteiger partial charge in [0.2, 0.25) is 0 Å². The van der Waals surface area contributed by atoms with E-state index in [1.807, 2.05) is 13.8 Å². The minimum atomic E-state index is -0.617. The second-order valence-corrected chi connectivity index (χ2v) is 15.1. The Labute approximate surface area is 208 Å². The molecule has 4 nitrogen and oxygen atoms in total. The Morgan fingerprint density at radius 3 is 2.15 bits per heavy atom. The molecule has 34 heavy (non-hydrogen) atoms. The average Bonchev–Trinajstić information content (AvgIpc) is 3.47. The van der Waals surface area contributed by atoms with Gasteiger partial charge in [0.1, 0.15) is 0 Å². The fourth-order valence-electron chi connectivity index (χ4n) is 11.3. The molecule has 0 amide bonds. The minimum absolute atomic E-state index is 0.141. The molecule has 3 heterocycles. The first kappa shape index (κ1) is 24.2. The Hall–Kier alpha value is -0.160. The van der Waals surface area contributed by atoms with Gasteiger partial charge in [0, 0.05) is 11.8 Å². The fourth-order valence-corrected chi connectivity index (χ4v) is 11.3. The van der Waals surface area contributed by atoms with Crippen molar-refractivity contribution < 1.29 is 19.2 Å². The molecule has 3 saturated heterocycles. The van der Waals surface area contributed by atoms with Gasteiger partial charge in [0.05, 0.1) is 11.7 Å². The van der Waals surface area contributed by atoms with Crippen LogP contribution in [-0.4, -0.2) is 23.8 Å². The van der Waals surface area contributed by atoms with E-state index < -0.39 is 5.79 Å². The monoisotopic (exact) mass is 474 g/mol. The quantitative estimate of drug-likeness (QED) is 0.392. The van der Waals surface area contributed by atoms with E-state index in [9.17, 15) is 0 Å². The normalized spacial score (nSPS) is 55.6. The molecular formula is C30H50O4. The van der Waals surface area contributed by atoms with E-state index in [1.165, 1.54) is 51.4 Å². The molecule has 10 atom stereocenters. The predicted octanol–water partition coefficient (Wildman–Crippen LogP) is 7.65. The predicted molar refractivity (Wildman–Crippen MR) is 133 cm³/mol. The molecular weight excluding hydrogens is 424 g/mol. The lowest BCUT2D eigenvalue weighted by Crippen LogP contribution is -2.66. The molecule has 4 heteroatoms. The summed E-state index contributed by atoms with van der Waals surface area (Å²) < 4.78 is 13.0. The maximum Gasteiger partial charge on any atom is 0.199 e. The summed E-state index contributed by atoms with van der Waals surface area (Å²) in [5, 5.41) is 0. The topological polar surface area (TPSA) is 36.9 Å². The lowest BCUT2D eigenvalue weighted by atomic mass is 9.36. The molecule has 0 aromatic rings. The van der Waals surface area contributed by atoms with Crippen LogP contribution in [0.1, 0.15) is 120 Å². The van der Waals surface area contributed by atoms with Crippen molar-refractivity contribution in [3.8, 4) is 0 Å². The van der Waals surface area contributed by atoms with E-state index >= 15 is 0 Å². The van der Waals surface area contributed by atoms with E-state index in [4.69, 9.17) is 19.2 Å². The van der Waals surface area contributed by atoms with Crippen LogP contribution < -0.4 is 0 Å². The van der Waals surface area contributed by atoms with Crippen LogP contribution in [0.3, 0.4) is 0 Å². The Morgan fingerprint density at radius 1 is 0.735 bits per heavy atom. The second kappa shape index (κ2) is 7.23. The highest BCUT2D eigenvalue weighted by Gasteiger charge is 2.76. The Bertz CT molecular complexity index is 838. The smallest absolute Gasteiger partial charge is 0.199 e. The number of hydrogen-bond acceptors (Lipinski definition) is 4. The van der Waals surface area contributed by atoms with Crippen molar-refractivity contribution in [1.29, 1.82) is 0 Å². The zero-order chi connectivity index (χ0) is 24.4. The second-order valence-electron chi connectivity index (χ2n) is 15.1. The number of rotatable bonds is 4. The van der Waals surface area contributed by atoms with Crippen LogP contribution in [0, 0.1) is 45.3 Å². The summed E-state index contributed by atoms with van der Waals surface area (Å²) in [7, 11) is 0. The van der Waals surface area contributed by atoms with Crippen LogP contribution >= 0.6 is 0 Å². The molecule has 2 bridgehead atoms. The molecule has 1 spiro atoms. The van der Waals surface area contributed by atoms with E-state index in [-0.39, 0.29) is 11.9 Å². The number of ether oxygens (including phenoxy) is 2. The first-order chi connectivity index (χ1) is 15.8. The zero-order valence-corrected chi connectivity index (χ0v) is 23.2. The van der Waals surface area contributed by atoms with Crippen molar-refractivity contribution in [2.45, 2.75) is 143 Å². The Balaban J connectivity index is 1.23. The van der Waals surface area contributed by atoms with Crippen molar-refractivity contribution in [1.82, 2.24) is 0 Å². The van der Waals surface area contributed by atoms with Gasteiger partial charge in [-0.25, -0.2) is 4.89 Å². The SMILES string of the molecule is C[C@@H](CC[C@H]1OOC(C)(C)O1)[C@H]1CC[C@@]2(C)[C@@H]3CC[C@@H]4C(C)(C)[C@H]5CC[C@@]4(O5)[C@@]3(C)CC[C@]12C. The first-order valence-corrected chi connectivity index (χ1v) is 14.5. The average molecular weight is 475 g/mol. The molecule has 0 aromatic heterocycles. The summed E-state index contributed by atoms with van der Waals surface area (Å²) in [6.07, 6.45) is 13.2. The third kappa shape index (κ3) is 2.86. The van der Waals surface area contributed by atoms with Crippen LogP contribution in [0.25, 0.3) is 0 Å². The summed E-state index contributed by atoms with van der Waals surface area (Å²) in [6, 6.07) is 0. The van der Waals surface area contributed by atoms with Gasteiger partial charge >= 0.3 is 0 Å². The van der Waals surface area contributed by atoms with Gasteiger partial charge in [0.25, 0.3) is 0 Å². The third-order valence-corrected chi connectivity index (χ3v) is 13.2. The van der Waals surface area contributed by atoms with Gasteiger partial charge in [-0.3, -0.25) is 0 Å². The Morgan fingerprint density at radius 2 is 1.44 bits per heavy atom. The molecule has 194 valence electrons. The van der Waals surface area contributed by atoms with Crippen LogP contribution in [0.2, 0.25) is 0 Å². The molecule has 0 unspecified atom stereocenters. The van der Waals surface area contributed by atoms with Gasteiger partial charge in [-0.15, -0.1) is 0 Å². The first-order valence-electron chi connectivity index (χ1n) is 14.5. The van der Waals surface area contributed by atoms with E-state index in [2.05, 4.69) is 41.5 Å². The number of fused-ring (bicyclic) bond motifs is 4. The van der Waals surface area contributed by atoms with Crippen LogP contribution in [-0.2, 0) is 19.2 Å². The number of hydrogen-bond donors (Lipinski definition) is 0. The highest BCUT2D eigenvalue weighted by molar-refractivity contribution is 5.25. The van der Waals surface area contributed by atoms with Crippen LogP contribution in [0.5, 0.6) is 0 Å². The van der Waals surface area contributed by atoms with E-state index in [0.29, 0.717) is 33.7 Å². The maximum absolute atomic E-state index is 7.12. The van der Waals surface area contributed by atoms with E-state index in [1.54, 1.807) is 0 Å². The van der Waals surface area contributed by atoms with Gasteiger partial charge < -0.3 is 9.47 Å². The molecule has 3 saturated carbocycles. The van der Waals surface area contributed by atoms with Crippen LogP contribution in [0.15, 0.2) is 0 Å². The molecule has 6 fully saturated rings. The molecule has 6 aliphatic rings.